The van der Waals surface area contributed by atoms with Gasteiger partial charge in [0, 0.05) is 71.1 Å². The minimum absolute atomic E-state index is 0.0355. The molecule has 3 saturated heterocycles. The number of carbonyl (C=O) groups is 2. The fourth-order valence-electron chi connectivity index (χ4n) is 5.12. The van der Waals surface area contributed by atoms with E-state index in [9.17, 15) is 18.0 Å². The van der Waals surface area contributed by atoms with Crippen molar-refractivity contribution in [1.29, 1.82) is 0 Å². The van der Waals surface area contributed by atoms with Crippen LogP contribution in [0.15, 0.2) is 29.2 Å². The monoisotopic (exact) mass is 492 g/mol. The summed E-state index contributed by atoms with van der Waals surface area (Å²) in [6.45, 7) is 9.53. The van der Waals surface area contributed by atoms with E-state index in [1.54, 1.807) is 43.0 Å². The molecule has 0 radical (unpaired) electrons. The molecule has 2 atom stereocenters. The zero-order valence-electron chi connectivity index (χ0n) is 20.2. The molecule has 3 aliphatic heterocycles. The van der Waals surface area contributed by atoms with Gasteiger partial charge in [-0.05, 0) is 37.1 Å². The van der Waals surface area contributed by atoms with Gasteiger partial charge in [-0.1, -0.05) is 13.8 Å². The van der Waals surface area contributed by atoms with E-state index in [2.05, 4.69) is 4.90 Å². The quantitative estimate of drug-likeness (QED) is 0.545. The Morgan fingerprint density at radius 2 is 1.76 bits per heavy atom. The highest BCUT2D eigenvalue weighted by Crippen LogP contribution is 2.28. The number of ether oxygens (including phenoxy) is 1. The molecule has 2 amide bonds. The summed E-state index contributed by atoms with van der Waals surface area (Å²) in [6, 6.07) is 6.40. The molecule has 0 bridgehead atoms. The van der Waals surface area contributed by atoms with Crippen molar-refractivity contribution in [3.8, 4) is 0 Å². The molecule has 10 heteroatoms. The summed E-state index contributed by atoms with van der Waals surface area (Å²) >= 11 is 0. The first-order chi connectivity index (χ1) is 16.3. The summed E-state index contributed by atoms with van der Waals surface area (Å²) in [7, 11) is -3.55. The lowest BCUT2D eigenvalue weighted by molar-refractivity contribution is -0.137. The molecule has 0 aromatic heterocycles. The number of rotatable bonds is 8. The molecule has 0 unspecified atom stereocenters. The number of hydrogen-bond donors (Lipinski definition) is 0. The van der Waals surface area contributed by atoms with E-state index in [0.29, 0.717) is 44.5 Å². The molecular weight excluding hydrogens is 456 g/mol. The van der Waals surface area contributed by atoms with Gasteiger partial charge in [-0.2, -0.15) is 4.31 Å². The maximum absolute atomic E-state index is 13.1. The lowest BCUT2D eigenvalue weighted by Gasteiger charge is -2.36. The molecule has 0 spiro atoms. The second-order valence-corrected chi connectivity index (χ2v) is 11.2. The van der Waals surface area contributed by atoms with Crippen LogP contribution >= 0.6 is 0 Å². The second-order valence-electron chi connectivity index (χ2n) is 9.25. The van der Waals surface area contributed by atoms with E-state index in [-0.39, 0.29) is 29.0 Å². The third-order valence-electron chi connectivity index (χ3n) is 7.14. The third kappa shape index (κ3) is 5.30. The molecular formula is C24H36N4O5S. The minimum Gasteiger partial charge on any atom is -0.377 e. The molecule has 0 saturated carbocycles. The zero-order valence-corrected chi connectivity index (χ0v) is 21.0. The molecule has 0 N–H and O–H groups in total. The number of nitrogens with zero attached hydrogens (tertiary/aromatic N) is 4. The highest BCUT2D eigenvalue weighted by Gasteiger charge is 2.38. The topological polar surface area (TPSA) is 90.5 Å². The van der Waals surface area contributed by atoms with Gasteiger partial charge in [0.25, 0.3) is 0 Å². The maximum Gasteiger partial charge on any atom is 0.243 e. The number of hydrogen-bond acceptors (Lipinski definition) is 6. The number of sulfonamides is 1. The third-order valence-corrected chi connectivity index (χ3v) is 9.20. The highest BCUT2D eigenvalue weighted by molar-refractivity contribution is 7.89. The van der Waals surface area contributed by atoms with Crippen molar-refractivity contribution >= 4 is 27.5 Å². The van der Waals surface area contributed by atoms with Crippen LogP contribution in [0.4, 0.5) is 5.69 Å². The van der Waals surface area contributed by atoms with Gasteiger partial charge >= 0.3 is 0 Å². The van der Waals surface area contributed by atoms with Crippen molar-refractivity contribution in [2.24, 2.45) is 5.92 Å². The molecule has 1 aromatic carbocycles. The predicted molar refractivity (Wildman–Crippen MR) is 129 cm³/mol. The Balaban J connectivity index is 1.33. The number of amides is 2. The van der Waals surface area contributed by atoms with Gasteiger partial charge < -0.3 is 14.5 Å². The summed E-state index contributed by atoms with van der Waals surface area (Å²) in [6.07, 6.45) is 2.75. The van der Waals surface area contributed by atoms with Crippen LogP contribution in [0.5, 0.6) is 0 Å². The Labute approximate surface area is 202 Å². The molecule has 3 heterocycles. The van der Waals surface area contributed by atoms with Crippen LogP contribution in [0.2, 0.25) is 0 Å². The number of piperazine rings is 1. The van der Waals surface area contributed by atoms with Crippen molar-refractivity contribution in [3.63, 3.8) is 0 Å². The summed E-state index contributed by atoms with van der Waals surface area (Å²) in [5.74, 6) is -0.431. The summed E-state index contributed by atoms with van der Waals surface area (Å²) in [5.41, 5.74) is 0.625. The van der Waals surface area contributed by atoms with Crippen molar-refractivity contribution < 1.29 is 22.7 Å². The number of benzene rings is 1. The van der Waals surface area contributed by atoms with Crippen LogP contribution in [0.3, 0.4) is 0 Å². The molecule has 0 aliphatic carbocycles. The van der Waals surface area contributed by atoms with E-state index < -0.39 is 10.0 Å². The first-order valence-corrected chi connectivity index (χ1v) is 13.8. The lowest BCUT2D eigenvalue weighted by atomic mass is 10.1. The SMILES string of the molecule is CCN(CC)S(=O)(=O)c1ccc(N2C[C@H](C(=O)N3CCN(C[C@@H]4CCCO4)CC3)CC2=O)cc1. The van der Waals surface area contributed by atoms with Crippen LogP contribution in [-0.2, 0) is 24.3 Å². The number of anilines is 1. The Kier molecular flexibility index (Phi) is 7.91. The molecule has 3 fully saturated rings. The number of carbonyl (C=O) groups excluding carboxylic acids is 2. The first kappa shape index (κ1) is 25.1. The van der Waals surface area contributed by atoms with Crippen molar-refractivity contribution in [2.75, 3.05) is 63.9 Å². The van der Waals surface area contributed by atoms with Gasteiger partial charge in [0.15, 0.2) is 0 Å². The summed E-state index contributed by atoms with van der Waals surface area (Å²) < 4.78 is 32.6. The van der Waals surface area contributed by atoms with E-state index in [4.69, 9.17) is 4.74 Å². The second kappa shape index (κ2) is 10.7. The largest absolute Gasteiger partial charge is 0.377 e. The first-order valence-electron chi connectivity index (χ1n) is 12.4. The van der Waals surface area contributed by atoms with Crippen LogP contribution in [0.1, 0.15) is 33.1 Å². The minimum atomic E-state index is -3.55. The summed E-state index contributed by atoms with van der Waals surface area (Å²) in [5, 5.41) is 0. The van der Waals surface area contributed by atoms with E-state index in [0.717, 1.165) is 39.1 Å². The molecule has 1 aromatic rings. The van der Waals surface area contributed by atoms with E-state index in [1.807, 2.05) is 4.90 Å². The van der Waals surface area contributed by atoms with Gasteiger partial charge in [-0.25, -0.2) is 8.42 Å². The van der Waals surface area contributed by atoms with Crippen molar-refractivity contribution in [1.82, 2.24) is 14.1 Å². The Morgan fingerprint density at radius 3 is 2.35 bits per heavy atom. The predicted octanol–water partition coefficient (Wildman–Crippen LogP) is 1.39. The molecule has 3 aliphatic rings. The van der Waals surface area contributed by atoms with Gasteiger partial charge in [0.2, 0.25) is 21.8 Å². The average molecular weight is 493 g/mol. The molecule has 188 valence electrons. The van der Waals surface area contributed by atoms with Gasteiger partial charge in [-0.3, -0.25) is 14.5 Å². The lowest BCUT2D eigenvalue weighted by Crippen LogP contribution is -2.52. The van der Waals surface area contributed by atoms with Gasteiger partial charge in [-0.15, -0.1) is 0 Å². The fourth-order valence-corrected chi connectivity index (χ4v) is 6.58. The molecule has 9 nitrogen and oxygen atoms in total. The van der Waals surface area contributed by atoms with Crippen LogP contribution < -0.4 is 4.90 Å². The Hall–Kier alpha value is -2.01. The van der Waals surface area contributed by atoms with Gasteiger partial charge in [0.1, 0.15) is 0 Å². The standard InChI is InChI=1S/C24H36N4O5S/c1-3-27(4-2)34(31,32)22-9-7-20(8-10-22)28-17-19(16-23(28)29)24(30)26-13-11-25(12-14-26)18-21-6-5-15-33-21/h7-10,19,21H,3-6,11-18H2,1-2H3/t19-,21+/m1/s1. The molecule has 34 heavy (non-hydrogen) atoms. The van der Waals surface area contributed by atoms with Crippen molar-refractivity contribution in [3.05, 3.63) is 24.3 Å². The average Bonchev–Trinajstić information content (AvgIpc) is 3.49. The van der Waals surface area contributed by atoms with E-state index in [1.165, 1.54) is 4.31 Å². The normalized spacial score (nSPS) is 24.4. The maximum atomic E-state index is 13.1. The van der Waals surface area contributed by atoms with Crippen LogP contribution in [0, 0.1) is 5.92 Å². The van der Waals surface area contributed by atoms with Crippen molar-refractivity contribution in [2.45, 2.75) is 44.1 Å². The molecule has 4 rings (SSSR count). The summed E-state index contributed by atoms with van der Waals surface area (Å²) in [4.78, 5) is 31.9. The zero-order chi connectivity index (χ0) is 24.3. The Morgan fingerprint density at radius 1 is 1.09 bits per heavy atom. The van der Waals surface area contributed by atoms with Gasteiger partial charge in [0.05, 0.1) is 16.9 Å². The highest BCUT2D eigenvalue weighted by atomic mass is 32.2. The van der Waals surface area contributed by atoms with Crippen LogP contribution in [-0.4, -0.2) is 99.4 Å². The van der Waals surface area contributed by atoms with E-state index >= 15 is 0 Å². The van der Waals surface area contributed by atoms with Crippen LogP contribution in [0.25, 0.3) is 0 Å². The fraction of sp³-hybridized carbons (Fsp3) is 0.667. The Bertz CT molecular complexity index is 966. The smallest absolute Gasteiger partial charge is 0.243 e.